The first-order chi connectivity index (χ1) is 13.2. The summed E-state index contributed by atoms with van der Waals surface area (Å²) < 4.78 is 0. The highest BCUT2D eigenvalue weighted by atomic mass is 16.3. The van der Waals surface area contributed by atoms with Crippen molar-refractivity contribution >= 4 is 16.7 Å². The molecule has 0 atom stereocenters. The Bertz CT molecular complexity index is 932. The van der Waals surface area contributed by atoms with Crippen molar-refractivity contribution in [3.8, 4) is 5.75 Å². The summed E-state index contributed by atoms with van der Waals surface area (Å²) in [4.78, 5) is 15.1. The number of rotatable bonds is 4. The van der Waals surface area contributed by atoms with E-state index in [0.717, 1.165) is 43.2 Å². The van der Waals surface area contributed by atoms with Gasteiger partial charge in [0.25, 0.3) is 5.91 Å². The predicted octanol–water partition coefficient (Wildman–Crippen LogP) is 3.94. The topological polar surface area (TPSA) is 52.6 Å². The van der Waals surface area contributed by atoms with Crippen molar-refractivity contribution in [2.75, 3.05) is 13.1 Å². The van der Waals surface area contributed by atoms with Gasteiger partial charge in [0.15, 0.2) is 0 Å². The number of nitrogens with one attached hydrogen (secondary N) is 1. The molecule has 4 nitrogen and oxygen atoms in total. The summed E-state index contributed by atoms with van der Waals surface area (Å²) in [6.07, 6.45) is 1.94. The third kappa shape index (κ3) is 4.29. The van der Waals surface area contributed by atoms with Crippen molar-refractivity contribution in [2.24, 2.45) is 0 Å². The number of carbonyl (C=O) groups excluding carboxylic acids is 1. The molecule has 0 unspecified atom stereocenters. The Hall–Kier alpha value is -2.85. The molecule has 0 saturated carbocycles. The summed E-state index contributed by atoms with van der Waals surface area (Å²) in [6.45, 7) is 2.96. The molecule has 1 fully saturated rings. The Morgan fingerprint density at radius 2 is 1.67 bits per heavy atom. The van der Waals surface area contributed by atoms with E-state index in [1.54, 1.807) is 12.1 Å². The zero-order chi connectivity index (χ0) is 18.6. The molecule has 138 valence electrons. The van der Waals surface area contributed by atoms with Crippen LogP contribution in [-0.4, -0.2) is 35.0 Å². The van der Waals surface area contributed by atoms with Crippen LogP contribution in [0.3, 0.4) is 0 Å². The summed E-state index contributed by atoms with van der Waals surface area (Å²) in [5.41, 5.74) is 2.00. The minimum atomic E-state index is -0.0218. The van der Waals surface area contributed by atoms with Crippen molar-refractivity contribution in [3.05, 3.63) is 77.9 Å². The van der Waals surface area contributed by atoms with E-state index in [-0.39, 0.29) is 17.7 Å². The number of nitrogens with zero attached hydrogens (tertiary/aromatic N) is 1. The van der Waals surface area contributed by atoms with Gasteiger partial charge in [0, 0.05) is 31.2 Å². The van der Waals surface area contributed by atoms with Crippen LogP contribution >= 0.6 is 0 Å². The minimum Gasteiger partial charge on any atom is -0.508 e. The Morgan fingerprint density at radius 3 is 2.44 bits per heavy atom. The quantitative estimate of drug-likeness (QED) is 0.741. The summed E-state index contributed by atoms with van der Waals surface area (Å²) >= 11 is 0. The average molecular weight is 360 g/mol. The zero-order valence-corrected chi connectivity index (χ0v) is 15.3. The third-order valence-corrected chi connectivity index (χ3v) is 5.26. The minimum absolute atomic E-state index is 0.0218. The fraction of sp³-hybridized carbons (Fsp3) is 0.261. The zero-order valence-electron chi connectivity index (χ0n) is 15.3. The van der Waals surface area contributed by atoms with Gasteiger partial charge in [0.2, 0.25) is 0 Å². The van der Waals surface area contributed by atoms with Gasteiger partial charge in [-0.1, -0.05) is 42.5 Å². The molecule has 0 aliphatic carbocycles. The summed E-state index contributed by atoms with van der Waals surface area (Å²) in [7, 11) is 0. The van der Waals surface area contributed by atoms with Gasteiger partial charge in [-0.3, -0.25) is 9.69 Å². The van der Waals surface area contributed by atoms with Gasteiger partial charge in [-0.25, -0.2) is 0 Å². The van der Waals surface area contributed by atoms with Gasteiger partial charge in [-0.2, -0.15) is 0 Å². The van der Waals surface area contributed by atoms with Crippen molar-refractivity contribution in [1.29, 1.82) is 0 Å². The van der Waals surface area contributed by atoms with Crippen molar-refractivity contribution < 1.29 is 9.90 Å². The number of piperidine rings is 1. The molecule has 1 heterocycles. The van der Waals surface area contributed by atoms with E-state index in [2.05, 4.69) is 34.5 Å². The molecule has 0 radical (unpaired) electrons. The Labute approximate surface area is 159 Å². The van der Waals surface area contributed by atoms with Gasteiger partial charge < -0.3 is 10.4 Å². The number of amides is 1. The van der Waals surface area contributed by atoms with Gasteiger partial charge in [-0.05, 0) is 53.4 Å². The van der Waals surface area contributed by atoms with Crippen LogP contribution in [0.2, 0.25) is 0 Å². The Balaban J connectivity index is 1.33. The van der Waals surface area contributed by atoms with E-state index in [1.807, 2.05) is 30.3 Å². The lowest BCUT2D eigenvalue weighted by atomic mass is 10.0. The van der Waals surface area contributed by atoms with Crippen molar-refractivity contribution in [2.45, 2.75) is 25.4 Å². The molecule has 0 bridgehead atoms. The fourth-order valence-corrected chi connectivity index (χ4v) is 3.72. The molecule has 4 rings (SSSR count). The van der Waals surface area contributed by atoms with Gasteiger partial charge in [0.1, 0.15) is 5.75 Å². The monoisotopic (exact) mass is 360 g/mol. The second-order valence-corrected chi connectivity index (χ2v) is 7.26. The van der Waals surface area contributed by atoms with E-state index in [4.69, 9.17) is 0 Å². The highest BCUT2D eigenvalue weighted by molar-refractivity contribution is 5.98. The number of likely N-dealkylation sites (tertiary alicyclic amines) is 1. The van der Waals surface area contributed by atoms with E-state index >= 15 is 0 Å². The molecular weight excluding hydrogens is 336 g/mol. The molecule has 0 aromatic heterocycles. The predicted molar refractivity (Wildman–Crippen MR) is 108 cm³/mol. The van der Waals surface area contributed by atoms with E-state index in [9.17, 15) is 9.90 Å². The first-order valence-electron chi connectivity index (χ1n) is 9.47. The standard InChI is InChI=1S/C23H24N2O2/c26-22-9-8-18-14-20(7-6-19(18)15-22)23(27)24-21-10-12-25(13-11-21)16-17-4-2-1-3-5-17/h1-9,14-15,21,26H,10-13,16H2,(H,24,27). The Morgan fingerprint density at radius 1 is 0.963 bits per heavy atom. The molecule has 0 spiro atoms. The molecule has 1 aliphatic rings. The van der Waals surface area contributed by atoms with Crippen molar-refractivity contribution in [1.82, 2.24) is 10.2 Å². The number of aromatic hydroxyl groups is 1. The molecule has 4 heteroatoms. The molecule has 1 aliphatic heterocycles. The van der Waals surface area contributed by atoms with Crippen LogP contribution in [0.5, 0.6) is 5.75 Å². The fourth-order valence-electron chi connectivity index (χ4n) is 3.72. The normalized spacial score (nSPS) is 15.7. The number of hydrogen-bond acceptors (Lipinski definition) is 3. The number of benzene rings is 3. The lowest BCUT2D eigenvalue weighted by Gasteiger charge is -2.32. The van der Waals surface area contributed by atoms with Crippen LogP contribution in [0.15, 0.2) is 66.7 Å². The number of fused-ring (bicyclic) bond motifs is 1. The second-order valence-electron chi connectivity index (χ2n) is 7.26. The van der Waals surface area contributed by atoms with Crippen molar-refractivity contribution in [3.63, 3.8) is 0 Å². The highest BCUT2D eigenvalue weighted by Crippen LogP contribution is 2.21. The van der Waals surface area contributed by atoms with Crippen LogP contribution in [-0.2, 0) is 6.54 Å². The van der Waals surface area contributed by atoms with E-state index in [1.165, 1.54) is 5.56 Å². The van der Waals surface area contributed by atoms with Crippen LogP contribution in [0, 0.1) is 0 Å². The van der Waals surface area contributed by atoms with E-state index < -0.39 is 0 Å². The van der Waals surface area contributed by atoms with Gasteiger partial charge >= 0.3 is 0 Å². The Kier molecular flexibility index (Phi) is 5.07. The second kappa shape index (κ2) is 7.80. The summed E-state index contributed by atoms with van der Waals surface area (Å²) in [5.74, 6) is 0.216. The summed E-state index contributed by atoms with van der Waals surface area (Å²) in [6, 6.07) is 21.5. The molecule has 2 N–H and O–H groups in total. The molecule has 27 heavy (non-hydrogen) atoms. The SMILES string of the molecule is O=C(NC1CCN(Cc2ccccc2)CC1)c1ccc2cc(O)ccc2c1. The molecular formula is C23H24N2O2. The van der Waals surface area contributed by atoms with Gasteiger partial charge in [0.05, 0.1) is 0 Å². The maximum absolute atomic E-state index is 12.6. The average Bonchev–Trinajstić information content (AvgIpc) is 2.70. The molecule has 1 amide bonds. The number of hydrogen-bond donors (Lipinski definition) is 2. The number of phenols is 1. The van der Waals surface area contributed by atoms with E-state index in [0.29, 0.717) is 5.56 Å². The smallest absolute Gasteiger partial charge is 0.251 e. The maximum atomic E-state index is 12.6. The number of carbonyl (C=O) groups is 1. The largest absolute Gasteiger partial charge is 0.508 e. The van der Waals surface area contributed by atoms with Crippen LogP contribution in [0.4, 0.5) is 0 Å². The first kappa shape index (κ1) is 17.6. The van der Waals surface area contributed by atoms with Crippen LogP contribution in [0.1, 0.15) is 28.8 Å². The third-order valence-electron chi connectivity index (χ3n) is 5.26. The lowest BCUT2D eigenvalue weighted by Crippen LogP contribution is -2.44. The molecule has 3 aromatic carbocycles. The van der Waals surface area contributed by atoms with Crippen LogP contribution < -0.4 is 5.32 Å². The summed E-state index contributed by atoms with van der Waals surface area (Å²) in [5, 5.41) is 14.6. The first-order valence-corrected chi connectivity index (χ1v) is 9.47. The molecule has 1 saturated heterocycles. The highest BCUT2D eigenvalue weighted by Gasteiger charge is 2.21. The number of phenolic OH excluding ortho intramolecular Hbond substituents is 1. The van der Waals surface area contributed by atoms with Gasteiger partial charge in [-0.15, -0.1) is 0 Å². The molecule has 3 aromatic rings. The lowest BCUT2D eigenvalue weighted by molar-refractivity contribution is 0.0909. The maximum Gasteiger partial charge on any atom is 0.251 e. The van der Waals surface area contributed by atoms with Crippen LogP contribution in [0.25, 0.3) is 10.8 Å².